The molecule has 6 heteroatoms. The number of hydrogen-bond donors (Lipinski definition) is 1. The standard InChI is InChI=1S/C24H18N4OS/c29-21(15-30-24-27-25-16-28(24)18-11-5-2-6-12-18)22-19-13-7-8-14-20(19)26-23(22)17-9-3-1-4-10-17/h1-14,16,26H,15H2. The molecule has 5 rings (SSSR count). The first-order valence-electron chi connectivity index (χ1n) is 9.59. The first kappa shape index (κ1) is 18.4. The van der Waals surface area contributed by atoms with E-state index in [-0.39, 0.29) is 11.5 Å². The van der Waals surface area contributed by atoms with Crippen molar-refractivity contribution < 1.29 is 4.79 Å². The number of aromatic amines is 1. The highest BCUT2D eigenvalue weighted by molar-refractivity contribution is 7.99. The molecule has 3 aromatic carbocycles. The van der Waals surface area contributed by atoms with Crippen LogP contribution in [0.15, 0.2) is 96.4 Å². The molecule has 0 amide bonds. The monoisotopic (exact) mass is 410 g/mol. The molecular weight excluding hydrogens is 392 g/mol. The van der Waals surface area contributed by atoms with Crippen LogP contribution in [0.4, 0.5) is 0 Å². The number of aromatic nitrogens is 4. The number of carbonyl (C=O) groups is 1. The third-order valence-electron chi connectivity index (χ3n) is 4.93. The lowest BCUT2D eigenvalue weighted by molar-refractivity contribution is 0.102. The van der Waals surface area contributed by atoms with Gasteiger partial charge in [0.25, 0.3) is 0 Å². The minimum absolute atomic E-state index is 0.0546. The maximum Gasteiger partial charge on any atom is 0.196 e. The Morgan fingerprint density at radius 1 is 0.900 bits per heavy atom. The number of fused-ring (bicyclic) bond motifs is 1. The average molecular weight is 411 g/mol. The van der Waals surface area contributed by atoms with Crippen LogP contribution in [0.3, 0.4) is 0 Å². The summed E-state index contributed by atoms with van der Waals surface area (Å²) in [5.74, 6) is 0.326. The highest BCUT2D eigenvalue weighted by Crippen LogP contribution is 2.32. The molecule has 0 spiro atoms. The number of H-pyrrole nitrogens is 1. The lowest BCUT2D eigenvalue weighted by Crippen LogP contribution is -2.05. The van der Waals surface area contributed by atoms with Gasteiger partial charge in [0.2, 0.25) is 0 Å². The Labute approximate surface area is 177 Å². The zero-order chi connectivity index (χ0) is 20.3. The Kier molecular flexibility index (Phi) is 4.91. The van der Waals surface area contributed by atoms with Crippen molar-refractivity contribution in [3.05, 3.63) is 96.8 Å². The zero-order valence-corrected chi connectivity index (χ0v) is 16.8. The molecule has 0 fully saturated rings. The number of nitrogens with one attached hydrogen (secondary N) is 1. The van der Waals surface area contributed by atoms with Crippen molar-refractivity contribution in [1.82, 2.24) is 19.7 Å². The van der Waals surface area contributed by atoms with Crippen LogP contribution in [-0.4, -0.2) is 31.3 Å². The topological polar surface area (TPSA) is 63.6 Å². The fourth-order valence-electron chi connectivity index (χ4n) is 3.54. The lowest BCUT2D eigenvalue weighted by atomic mass is 10.0. The first-order valence-corrected chi connectivity index (χ1v) is 10.6. The van der Waals surface area contributed by atoms with Crippen LogP contribution >= 0.6 is 11.8 Å². The zero-order valence-electron chi connectivity index (χ0n) is 16.0. The molecule has 0 saturated carbocycles. The average Bonchev–Trinajstić information content (AvgIpc) is 3.43. The smallest absolute Gasteiger partial charge is 0.196 e. The molecular formula is C24H18N4OS. The number of carbonyl (C=O) groups excluding carboxylic acids is 1. The Hall–Kier alpha value is -3.64. The van der Waals surface area contributed by atoms with Crippen molar-refractivity contribution in [3.63, 3.8) is 0 Å². The number of ketones is 1. The van der Waals surface area contributed by atoms with Crippen LogP contribution < -0.4 is 0 Å². The van der Waals surface area contributed by atoms with Gasteiger partial charge in [-0.15, -0.1) is 10.2 Å². The van der Waals surface area contributed by atoms with Gasteiger partial charge in [-0.1, -0.05) is 78.5 Å². The SMILES string of the molecule is O=C(CSc1nncn1-c1ccccc1)c1c(-c2ccccc2)[nH]c2ccccc12. The fourth-order valence-corrected chi connectivity index (χ4v) is 4.34. The van der Waals surface area contributed by atoms with Gasteiger partial charge in [-0.2, -0.15) is 0 Å². The second-order valence-electron chi connectivity index (χ2n) is 6.82. The van der Waals surface area contributed by atoms with E-state index in [0.717, 1.165) is 33.4 Å². The van der Waals surface area contributed by atoms with Gasteiger partial charge in [0, 0.05) is 16.6 Å². The van der Waals surface area contributed by atoms with E-state index in [1.165, 1.54) is 11.8 Å². The maximum absolute atomic E-state index is 13.4. The fraction of sp³-hybridized carbons (Fsp3) is 0.0417. The van der Waals surface area contributed by atoms with E-state index in [2.05, 4.69) is 15.2 Å². The van der Waals surface area contributed by atoms with Gasteiger partial charge in [-0.05, 0) is 23.8 Å². The van der Waals surface area contributed by atoms with Gasteiger partial charge in [-0.3, -0.25) is 9.36 Å². The second-order valence-corrected chi connectivity index (χ2v) is 7.76. The van der Waals surface area contributed by atoms with Crippen molar-refractivity contribution in [2.75, 3.05) is 5.75 Å². The van der Waals surface area contributed by atoms with E-state index in [1.54, 1.807) is 6.33 Å². The number of rotatable bonds is 6. The summed E-state index contributed by atoms with van der Waals surface area (Å²) in [6, 6.07) is 27.7. The summed E-state index contributed by atoms with van der Waals surface area (Å²) in [5, 5.41) is 9.86. The second kappa shape index (κ2) is 8.00. The summed E-state index contributed by atoms with van der Waals surface area (Å²) in [6.07, 6.45) is 1.67. The largest absolute Gasteiger partial charge is 0.354 e. The van der Waals surface area contributed by atoms with Gasteiger partial charge in [0.05, 0.1) is 17.0 Å². The van der Waals surface area contributed by atoms with Crippen LogP contribution in [0, 0.1) is 0 Å². The number of hydrogen-bond acceptors (Lipinski definition) is 4. The van der Waals surface area contributed by atoms with Crippen molar-refractivity contribution >= 4 is 28.4 Å². The number of thioether (sulfide) groups is 1. The highest BCUT2D eigenvalue weighted by Gasteiger charge is 2.20. The maximum atomic E-state index is 13.4. The third kappa shape index (κ3) is 3.42. The third-order valence-corrected chi connectivity index (χ3v) is 5.87. The summed E-state index contributed by atoms with van der Waals surface area (Å²) in [7, 11) is 0. The predicted octanol–water partition coefficient (Wildman–Crippen LogP) is 5.39. The number of nitrogens with zero attached hydrogens (tertiary/aromatic N) is 3. The molecule has 5 nitrogen and oxygen atoms in total. The molecule has 146 valence electrons. The lowest BCUT2D eigenvalue weighted by Gasteiger charge is -2.07. The quantitative estimate of drug-likeness (QED) is 0.301. The summed E-state index contributed by atoms with van der Waals surface area (Å²) in [6.45, 7) is 0. The van der Waals surface area contributed by atoms with Gasteiger partial charge in [0.15, 0.2) is 10.9 Å². The molecule has 0 radical (unpaired) electrons. The normalized spacial score (nSPS) is 11.1. The van der Waals surface area contributed by atoms with Gasteiger partial charge in [0.1, 0.15) is 6.33 Å². The molecule has 2 heterocycles. The van der Waals surface area contributed by atoms with Crippen molar-refractivity contribution in [2.45, 2.75) is 5.16 Å². The Balaban J connectivity index is 1.47. The van der Waals surface area contributed by atoms with E-state index in [9.17, 15) is 4.79 Å². The van der Waals surface area contributed by atoms with Gasteiger partial charge < -0.3 is 4.98 Å². The molecule has 0 aliphatic heterocycles. The number of Topliss-reactive ketones (excluding diaryl/α,β-unsaturated/α-hetero) is 1. The first-order chi connectivity index (χ1) is 14.8. The van der Waals surface area contributed by atoms with Crippen LogP contribution in [-0.2, 0) is 0 Å². The van der Waals surface area contributed by atoms with Gasteiger partial charge in [-0.25, -0.2) is 0 Å². The molecule has 0 saturated heterocycles. The molecule has 1 N–H and O–H groups in total. The Bertz CT molecular complexity index is 1310. The minimum Gasteiger partial charge on any atom is -0.354 e. The van der Waals surface area contributed by atoms with E-state index in [4.69, 9.17) is 0 Å². The molecule has 0 unspecified atom stereocenters. The molecule has 0 bridgehead atoms. The van der Waals surface area contributed by atoms with Crippen LogP contribution in [0.2, 0.25) is 0 Å². The number of benzene rings is 3. The Morgan fingerprint density at radius 2 is 1.60 bits per heavy atom. The van der Waals surface area contributed by atoms with E-state index in [1.807, 2.05) is 89.5 Å². The van der Waals surface area contributed by atoms with Crippen LogP contribution in [0.1, 0.15) is 10.4 Å². The summed E-state index contributed by atoms with van der Waals surface area (Å²) < 4.78 is 1.89. The van der Waals surface area contributed by atoms with Crippen LogP contribution in [0.25, 0.3) is 27.8 Å². The van der Waals surface area contributed by atoms with E-state index >= 15 is 0 Å². The molecule has 0 aliphatic rings. The van der Waals surface area contributed by atoms with Crippen molar-refractivity contribution in [1.29, 1.82) is 0 Å². The summed E-state index contributed by atoms with van der Waals surface area (Å²) >= 11 is 1.39. The molecule has 2 aromatic heterocycles. The highest BCUT2D eigenvalue weighted by atomic mass is 32.2. The van der Waals surface area contributed by atoms with E-state index < -0.39 is 0 Å². The predicted molar refractivity (Wildman–Crippen MR) is 120 cm³/mol. The molecule has 5 aromatic rings. The number of para-hydroxylation sites is 2. The molecule has 0 atom stereocenters. The Morgan fingerprint density at radius 3 is 2.40 bits per heavy atom. The molecule has 0 aliphatic carbocycles. The van der Waals surface area contributed by atoms with Gasteiger partial charge >= 0.3 is 0 Å². The summed E-state index contributed by atoms with van der Waals surface area (Å²) in [5.41, 5.74) is 4.49. The van der Waals surface area contributed by atoms with Crippen molar-refractivity contribution in [2.24, 2.45) is 0 Å². The van der Waals surface area contributed by atoms with Crippen molar-refractivity contribution in [3.8, 4) is 16.9 Å². The van der Waals surface area contributed by atoms with Crippen LogP contribution in [0.5, 0.6) is 0 Å². The summed E-state index contributed by atoms with van der Waals surface area (Å²) in [4.78, 5) is 16.8. The van der Waals surface area contributed by atoms with E-state index in [0.29, 0.717) is 5.16 Å². The minimum atomic E-state index is 0.0546. The molecule has 30 heavy (non-hydrogen) atoms.